The number of carbonyl (C=O) groups excluding carboxylic acids is 3. The second kappa shape index (κ2) is 41.6. The van der Waals surface area contributed by atoms with Crippen molar-refractivity contribution < 1.29 is 28.6 Å². The normalized spacial score (nSPS) is 12.6. The fraction of sp³-hybridized carbons (Fsp3) is 0.940. The molecule has 0 aromatic carbocycles. The summed E-state index contributed by atoms with van der Waals surface area (Å²) in [5.74, 6) is 1.59. The van der Waals surface area contributed by atoms with Crippen molar-refractivity contribution in [1.82, 2.24) is 0 Å². The molecule has 0 rings (SSSR count). The molecule has 0 spiro atoms. The van der Waals surface area contributed by atoms with E-state index >= 15 is 0 Å². The van der Waals surface area contributed by atoms with E-state index in [-0.39, 0.29) is 31.1 Å². The minimum atomic E-state index is -0.762. The summed E-state index contributed by atoms with van der Waals surface area (Å²) in [6.07, 6.45) is 39.6. The molecule has 0 N–H and O–H groups in total. The Bertz CT molecular complexity index is 870. The molecule has 0 heterocycles. The highest BCUT2D eigenvalue weighted by molar-refractivity contribution is 5.71. The maximum atomic E-state index is 12.8. The van der Waals surface area contributed by atoms with E-state index in [9.17, 15) is 14.4 Å². The Morgan fingerprint density at radius 2 is 0.625 bits per heavy atom. The first kappa shape index (κ1) is 54.4. The first-order chi connectivity index (χ1) is 27.1. The maximum Gasteiger partial charge on any atom is 0.306 e. The minimum Gasteiger partial charge on any atom is -0.462 e. The Morgan fingerprint density at radius 1 is 0.357 bits per heavy atom. The molecule has 56 heavy (non-hydrogen) atoms. The van der Waals surface area contributed by atoms with Gasteiger partial charge in [0.05, 0.1) is 0 Å². The number of rotatable bonds is 43. The molecule has 0 aliphatic carbocycles. The average molecular weight is 793 g/mol. The highest BCUT2D eigenvalue weighted by Gasteiger charge is 2.19. The van der Waals surface area contributed by atoms with E-state index in [0.29, 0.717) is 19.3 Å². The first-order valence-corrected chi connectivity index (χ1v) is 24.6. The molecule has 0 amide bonds. The van der Waals surface area contributed by atoms with Crippen LogP contribution >= 0.6 is 0 Å². The van der Waals surface area contributed by atoms with E-state index in [2.05, 4.69) is 41.5 Å². The van der Waals surface area contributed by atoms with Gasteiger partial charge < -0.3 is 14.2 Å². The predicted octanol–water partition coefficient (Wildman–Crippen LogP) is 15.6. The molecule has 0 aliphatic rings. The SMILES string of the molecule is CCC(C)CCCCCCCCCCC(=O)OC[C@H](COC(=O)CCCCCCCCC(C)C)OC(=O)CCCCCCCCCCCCCCCCC(C)C. The molecule has 6 heteroatoms. The Hall–Kier alpha value is -1.59. The van der Waals surface area contributed by atoms with Gasteiger partial charge in [-0.05, 0) is 37.0 Å². The molecule has 0 saturated carbocycles. The molecule has 0 saturated heterocycles. The summed E-state index contributed by atoms with van der Waals surface area (Å²) in [6, 6.07) is 0. The van der Waals surface area contributed by atoms with Gasteiger partial charge in [0.2, 0.25) is 0 Å². The third kappa shape index (κ3) is 42.0. The van der Waals surface area contributed by atoms with E-state index in [0.717, 1.165) is 75.5 Å². The van der Waals surface area contributed by atoms with Gasteiger partial charge in [-0.15, -0.1) is 0 Å². The van der Waals surface area contributed by atoms with Crippen LogP contribution in [0.1, 0.15) is 266 Å². The van der Waals surface area contributed by atoms with E-state index in [1.807, 2.05) is 0 Å². The van der Waals surface area contributed by atoms with Crippen molar-refractivity contribution in [2.75, 3.05) is 13.2 Å². The first-order valence-electron chi connectivity index (χ1n) is 24.6. The molecule has 0 aromatic heterocycles. The molecule has 0 aliphatic heterocycles. The summed E-state index contributed by atoms with van der Waals surface area (Å²) >= 11 is 0. The zero-order valence-electron chi connectivity index (χ0n) is 38.4. The molecule has 6 nitrogen and oxygen atoms in total. The Labute approximate surface area is 348 Å². The second-order valence-corrected chi connectivity index (χ2v) is 18.3. The van der Waals surface area contributed by atoms with Gasteiger partial charge in [-0.25, -0.2) is 0 Å². The van der Waals surface area contributed by atoms with Crippen LogP contribution < -0.4 is 0 Å². The summed E-state index contributed by atoms with van der Waals surface area (Å²) in [5.41, 5.74) is 0. The van der Waals surface area contributed by atoms with Crippen LogP contribution in [0.4, 0.5) is 0 Å². The molecule has 1 unspecified atom stereocenters. The highest BCUT2D eigenvalue weighted by Crippen LogP contribution is 2.18. The van der Waals surface area contributed by atoms with E-state index in [1.54, 1.807) is 0 Å². The molecular weight excluding hydrogens is 697 g/mol. The number of carbonyl (C=O) groups is 3. The summed E-state index contributed by atoms with van der Waals surface area (Å²) < 4.78 is 16.7. The Balaban J connectivity index is 4.29. The second-order valence-electron chi connectivity index (χ2n) is 18.3. The van der Waals surface area contributed by atoms with Gasteiger partial charge in [0.1, 0.15) is 13.2 Å². The Morgan fingerprint density at radius 3 is 0.929 bits per heavy atom. The van der Waals surface area contributed by atoms with Crippen LogP contribution in [-0.4, -0.2) is 37.2 Å². The van der Waals surface area contributed by atoms with Gasteiger partial charge in [-0.1, -0.05) is 228 Å². The van der Waals surface area contributed by atoms with Gasteiger partial charge in [0, 0.05) is 19.3 Å². The van der Waals surface area contributed by atoms with Crippen LogP contribution in [0, 0.1) is 17.8 Å². The molecule has 2 atom stereocenters. The van der Waals surface area contributed by atoms with E-state index < -0.39 is 6.10 Å². The summed E-state index contributed by atoms with van der Waals surface area (Å²) in [5, 5.41) is 0. The van der Waals surface area contributed by atoms with Gasteiger partial charge in [0.25, 0.3) is 0 Å². The lowest BCUT2D eigenvalue weighted by Gasteiger charge is -2.18. The molecule has 0 aromatic rings. The molecular formula is C50H96O6. The average Bonchev–Trinajstić information content (AvgIpc) is 3.16. The number of hydrogen-bond donors (Lipinski definition) is 0. The topological polar surface area (TPSA) is 78.9 Å². The van der Waals surface area contributed by atoms with Crippen LogP contribution in [0.25, 0.3) is 0 Å². The number of unbranched alkanes of at least 4 members (excludes halogenated alkanes) is 25. The van der Waals surface area contributed by atoms with Crippen LogP contribution in [0.3, 0.4) is 0 Å². The van der Waals surface area contributed by atoms with Crippen molar-refractivity contribution in [3.8, 4) is 0 Å². The zero-order valence-corrected chi connectivity index (χ0v) is 38.4. The summed E-state index contributed by atoms with van der Waals surface area (Å²) in [7, 11) is 0. The smallest absolute Gasteiger partial charge is 0.306 e. The van der Waals surface area contributed by atoms with Crippen LogP contribution in [0.15, 0.2) is 0 Å². The summed E-state index contributed by atoms with van der Waals surface area (Å²) in [6.45, 7) is 13.6. The predicted molar refractivity (Wildman–Crippen MR) is 238 cm³/mol. The van der Waals surface area contributed by atoms with Gasteiger partial charge in [-0.2, -0.15) is 0 Å². The number of ether oxygens (including phenoxy) is 3. The van der Waals surface area contributed by atoms with Gasteiger partial charge in [-0.3, -0.25) is 14.4 Å². The maximum absolute atomic E-state index is 12.8. The minimum absolute atomic E-state index is 0.0663. The molecule has 0 fully saturated rings. The summed E-state index contributed by atoms with van der Waals surface area (Å²) in [4.78, 5) is 37.8. The largest absolute Gasteiger partial charge is 0.462 e. The van der Waals surface area contributed by atoms with E-state index in [4.69, 9.17) is 14.2 Å². The highest BCUT2D eigenvalue weighted by atomic mass is 16.6. The van der Waals surface area contributed by atoms with Crippen molar-refractivity contribution in [1.29, 1.82) is 0 Å². The lowest BCUT2D eigenvalue weighted by molar-refractivity contribution is -0.167. The fourth-order valence-corrected chi connectivity index (χ4v) is 7.38. The Kier molecular flexibility index (Phi) is 40.4. The van der Waals surface area contributed by atoms with Gasteiger partial charge in [0.15, 0.2) is 6.10 Å². The molecule has 332 valence electrons. The van der Waals surface area contributed by atoms with Crippen LogP contribution in [0.5, 0.6) is 0 Å². The lowest BCUT2D eigenvalue weighted by atomic mass is 9.99. The number of hydrogen-bond acceptors (Lipinski definition) is 6. The third-order valence-corrected chi connectivity index (χ3v) is 11.5. The fourth-order valence-electron chi connectivity index (χ4n) is 7.38. The van der Waals surface area contributed by atoms with Crippen molar-refractivity contribution in [3.05, 3.63) is 0 Å². The van der Waals surface area contributed by atoms with Gasteiger partial charge >= 0.3 is 17.9 Å². The monoisotopic (exact) mass is 793 g/mol. The van der Waals surface area contributed by atoms with Crippen molar-refractivity contribution in [2.24, 2.45) is 17.8 Å². The number of esters is 3. The molecule has 0 radical (unpaired) electrons. The standard InChI is InChI=1S/C50H96O6/c1-7-46(6)38-32-26-19-16-17-20-27-33-39-48(51)54-42-47(43-55-49(52)40-34-28-23-22-25-31-37-45(4)5)56-50(53)41-35-29-21-15-13-11-9-8-10-12-14-18-24-30-36-44(2)3/h44-47H,7-43H2,1-6H3/t46?,47-/m1/s1. The third-order valence-electron chi connectivity index (χ3n) is 11.5. The molecule has 0 bridgehead atoms. The van der Waals surface area contributed by atoms with E-state index in [1.165, 1.54) is 148 Å². The van der Waals surface area contributed by atoms with Crippen LogP contribution in [-0.2, 0) is 28.6 Å². The lowest BCUT2D eigenvalue weighted by Crippen LogP contribution is -2.30. The quantitative estimate of drug-likeness (QED) is 0.0348. The zero-order chi connectivity index (χ0) is 41.3. The van der Waals surface area contributed by atoms with Crippen LogP contribution in [0.2, 0.25) is 0 Å². The van der Waals surface area contributed by atoms with Crippen molar-refractivity contribution >= 4 is 17.9 Å². The van der Waals surface area contributed by atoms with Crippen molar-refractivity contribution in [3.63, 3.8) is 0 Å². The van der Waals surface area contributed by atoms with Crippen molar-refractivity contribution in [2.45, 2.75) is 272 Å².